The van der Waals surface area contributed by atoms with E-state index in [1.165, 1.54) is 12.0 Å². The minimum Gasteiger partial charge on any atom is -0.497 e. The van der Waals surface area contributed by atoms with Crippen LogP contribution in [0, 0.1) is 0 Å². The summed E-state index contributed by atoms with van der Waals surface area (Å²) in [6, 6.07) is 8.02. The molecule has 5 heteroatoms. The van der Waals surface area contributed by atoms with Crippen molar-refractivity contribution in [1.29, 1.82) is 0 Å². The summed E-state index contributed by atoms with van der Waals surface area (Å²) in [4.78, 5) is 19.2. The number of methoxy groups -OCH3 is 1. The third-order valence-electron chi connectivity index (χ3n) is 4.87. The monoisotopic (exact) mass is 327 g/mol. The standard InChI is InChI=1S/C19H25N3O2/c1-15(21-13-11-20-14-21)19(23)22-12-5-3-4-6-18(22)16-7-9-17(24-2)10-8-16/h7-11,13-15,18H,3-6,12H2,1-2H3/t15-,18+/m0/s1. The fraction of sp³-hybridized carbons (Fsp3) is 0.474. The van der Waals surface area contributed by atoms with Crippen molar-refractivity contribution in [3.05, 3.63) is 48.5 Å². The Kier molecular flexibility index (Phi) is 5.18. The summed E-state index contributed by atoms with van der Waals surface area (Å²) in [6.45, 7) is 2.76. The van der Waals surface area contributed by atoms with E-state index >= 15 is 0 Å². The normalized spacial score (nSPS) is 19.6. The summed E-state index contributed by atoms with van der Waals surface area (Å²) in [5.41, 5.74) is 1.18. The van der Waals surface area contributed by atoms with E-state index in [0.29, 0.717) is 0 Å². The molecular formula is C19H25N3O2. The van der Waals surface area contributed by atoms with Gasteiger partial charge in [-0.1, -0.05) is 25.0 Å². The molecule has 0 saturated carbocycles. The van der Waals surface area contributed by atoms with Gasteiger partial charge in [0.2, 0.25) is 5.91 Å². The molecule has 128 valence electrons. The quantitative estimate of drug-likeness (QED) is 0.862. The van der Waals surface area contributed by atoms with Crippen LogP contribution in [0.4, 0.5) is 0 Å². The molecule has 0 radical (unpaired) electrons. The summed E-state index contributed by atoms with van der Waals surface area (Å²) in [5.74, 6) is 1.01. The highest BCUT2D eigenvalue weighted by Gasteiger charge is 2.30. The largest absolute Gasteiger partial charge is 0.497 e. The number of ether oxygens (including phenoxy) is 1. The van der Waals surface area contributed by atoms with Gasteiger partial charge in [-0.15, -0.1) is 0 Å². The van der Waals surface area contributed by atoms with Crippen LogP contribution in [0.5, 0.6) is 5.75 Å². The van der Waals surface area contributed by atoms with Crippen molar-refractivity contribution in [2.75, 3.05) is 13.7 Å². The summed E-state index contributed by atoms with van der Waals surface area (Å²) >= 11 is 0. The number of likely N-dealkylation sites (tertiary alicyclic amines) is 1. The van der Waals surface area contributed by atoms with Crippen molar-refractivity contribution in [2.24, 2.45) is 0 Å². The molecule has 24 heavy (non-hydrogen) atoms. The highest BCUT2D eigenvalue weighted by molar-refractivity contribution is 5.80. The average Bonchev–Trinajstić information content (AvgIpc) is 3.05. The van der Waals surface area contributed by atoms with E-state index in [1.807, 2.05) is 29.8 Å². The Morgan fingerprint density at radius 3 is 2.71 bits per heavy atom. The van der Waals surface area contributed by atoms with Crippen LogP contribution in [0.25, 0.3) is 0 Å². The lowest BCUT2D eigenvalue weighted by atomic mass is 10.00. The molecule has 0 bridgehead atoms. The molecule has 0 N–H and O–H groups in total. The molecule has 2 atom stereocenters. The Morgan fingerprint density at radius 2 is 2.04 bits per heavy atom. The van der Waals surface area contributed by atoms with Gasteiger partial charge in [-0.25, -0.2) is 4.98 Å². The van der Waals surface area contributed by atoms with E-state index in [2.05, 4.69) is 22.0 Å². The van der Waals surface area contributed by atoms with Crippen LogP contribution < -0.4 is 4.74 Å². The van der Waals surface area contributed by atoms with Gasteiger partial charge in [-0.2, -0.15) is 0 Å². The van der Waals surface area contributed by atoms with Crippen molar-refractivity contribution < 1.29 is 9.53 Å². The number of amides is 1. The van der Waals surface area contributed by atoms with Crippen molar-refractivity contribution >= 4 is 5.91 Å². The van der Waals surface area contributed by atoms with Gasteiger partial charge < -0.3 is 14.2 Å². The molecule has 1 aromatic carbocycles. The van der Waals surface area contributed by atoms with Crippen LogP contribution in [0.1, 0.15) is 50.3 Å². The highest BCUT2D eigenvalue weighted by Crippen LogP contribution is 2.32. The molecule has 2 aromatic rings. The number of hydrogen-bond acceptors (Lipinski definition) is 3. The van der Waals surface area contributed by atoms with Gasteiger partial charge in [-0.3, -0.25) is 4.79 Å². The third-order valence-corrected chi connectivity index (χ3v) is 4.87. The number of aromatic nitrogens is 2. The lowest BCUT2D eigenvalue weighted by molar-refractivity contribution is -0.136. The molecule has 1 saturated heterocycles. The summed E-state index contributed by atoms with van der Waals surface area (Å²) in [6.07, 6.45) is 9.68. The first-order valence-corrected chi connectivity index (χ1v) is 8.62. The number of carbonyl (C=O) groups is 1. The molecular weight excluding hydrogens is 302 g/mol. The van der Waals surface area contributed by atoms with Gasteiger partial charge in [0.25, 0.3) is 0 Å². The Morgan fingerprint density at radius 1 is 1.25 bits per heavy atom. The zero-order valence-electron chi connectivity index (χ0n) is 14.4. The molecule has 0 aliphatic carbocycles. The van der Waals surface area contributed by atoms with Gasteiger partial charge in [-0.05, 0) is 37.5 Å². The lowest BCUT2D eigenvalue weighted by Gasteiger charge is -2.33. The predicted octanol–water partition coefficient (Wildman–Crippen LogP) is 3.60. The number of nitrogens with zero attached hydrogens (tertiary/aromatic N) is 3. The van der Waals surface area contributed by atoms with E-state index in [9.17, 15) is 4.79 Å². The maximum atomic E-state index is 13.1. The van der Waals surface area contributed by atoms with E-state index in [4.69, 9.17) is 4.74 Å². The molecule has 2 heterocycles. The second kappa shape index (κ2) is 7.51. The number of benzene rings is 1. The van der Waals surface area contributed by atoms with Gasteiger partial charge in [0.1, 0.15) is 11.8 Å². The number of rotatable bonds is 4. The zero-order chi connectivity index (χ0) is 16.9. The fourth-order valence-electron chi connectivity index (χ4n) is 3.41. The van der Waals surface area contributed by atoms with E-state index in [0.717, 1.165) is 31.6 Å². The molecule has 1 aliphatic heterocycles. The van der Waals surface area contributed by atoms with Crippen molar-refractivity contribution in [2.45, 2.75) is 44.7 Å². The van der Waals surface area contributed by atoms with Crippen LogP contribution in [-0.2, 0) is 4.79 Å². The second-order valence-electron chi connectivity index (χ2n) is 6.36. The van der Waals surface area contributed by atoms with Crippen LogP contribution in [0.2, 0.25) is 0 Å². The van der Waals surface area contributed by atoms with E-state index in [1.54, 1.807) is 19.6 Å². The number of carbonyl (C=O) groups excluding carboxylic acids is 1. The SMILES string of the molecule is COc1ccc([C@H]2CCCCCN2C(=O)[C@H](C)n2ccnc2)cc1. The molecule has 3 rings (SSSR count). The molecule has 0 unspecified atom stereocenters. The summed E-state index contributed by atoms with van der Waals surface area (Å²) < 4.78 is 7.13. The minimum atomic E-state index is -0.230. The van der Waals surface area contributed by atoms with Crippen molar-refractivity contribution in [3.8, 4) is 5.75 Å². The van der Waals surface area contributed by atoms with Crippen LogP contribution in [0.15, 0.2) is 43.0 Å². The van der Waals surface area contributed by atoms with Crippen LogP contribution in [-0.4, -0.2) is 34.0 Å². The Balaban J connectivity index is 1.85. The Bertz CT molecular complexity index is 652. The Labute approximate surface area is 143 Å². The van der Waals surface area contributed by atoms with Crippen molar-refractivity contribution in [3.63, 3.8) is 0 Å². The lowest BCUT2D eigenvalue weighted by Crippen LogP contribution is -2.38. The average molecular weight is 327 g/mol. The van der Waals surface area contributed by atoms with Gasteiger partial charge in [0.05, 0.1) is 19.5 Å². The van der Waals surface area contributed by atoms with E-state index < -0.39 is 0 Å². The predicted molar refractivity (Wildman–Crippen MR) is 92.9 cm³/mol. The maximum absolute atomic E-state index is 13.1. The first-order chi connectivity index (χ1) is 11.7. The minimum absolute atomic E-state index is 0.136. The first-order valence-electron chi connectivity index (χ1n) is 8.62. The van der Waals surface area contributed by atoms with Crippen LogP contribution in [0.3, 0.4) is 0 Å². The molecule has 1 aromatic heterocycles. The molecule has 1 fully saturated rings. The number of imidazole rings is 1. The van der Waals surface area contributed by atoms with Crippen molar-refractivity contribution in [1.82, 2.24) is 14.5 Å². The van der Waals surface area contributed by atoms with Gasteiger partial charge >= 0.3 is 0 Å². The maximum Gasteiger partial charge on any atom is 0.245 e. The number of hydrogen-bond donors (Lipinski definition) is 0. The second-order valence-corrected chi connectivity index (χ2v) is 6.36. The van der Waals surface area contributed by atoms with Crippen LogP contribution >= 0.6 is 0 Å². The first kappa shape index (κ1) is 16.6. The molecule has 0 spiro atoms. The smallest absolute Gasteiger partial charge is 0.245 e. The van der Waals surface area contributed by atoms with Gasteiger partial charge in [0, 0.05) is 18.9 Å². The molecule has 1 amide bonds. The fourth-order valence-corrected chi connectivity index (χ4v) is 3.41. The highest BCUT2D eigenvalue weighted by atomic mass is 16.5. The summed E-state index contributed by atoms with van der Waals surface area (Å²) in [5, 5.41) is 0. The zero-order valence-corrected chi connectivity index (χ0v) is 14.4. The molecule has 5 nitrogen and oxygen atoms in total. The third kappa shape index (κ3) is 3.45. The van der Waals surface area contributed by atoms with E-state index in [-0.39, 0.29) is 18.0 Å². The summed E-state index contributed by atoms with van der Waals surface area (Å²) in [7, 11) is 1.67. The molecule has 1 aliphatic rings. The topological polar surface area (TPSA) is 47.4 Å². The Hall–Kier alpha value is -2.30. The van der Waals surface area contributed by atoms with Gasteiger partial charge in [0.15, 0.2) is 0 Å².